The third kappa shape index (κ3) is 3.17. The topological polar surface area (TPSA) is 67.9 Å². The van der Waals surface area contributed by atoms with Crippen molar-refractivity contribution in [2.24, 2.45) is 0 Å². The normalized spacial score (nSPS) is 13.1. The highest BCUT2D eigenvalue weighted by Crippen LogP contribution is 2.32. The van der Waals surface area contributed by atoms with Crippen LogP contribution in [0.3, 0.4) is 0 Å². The van der Waals surface area contributed by atoms with Crippen molar-refractivity contribution in [2.45, 2.75) is 6.42 Å². The Hall–Kier alpha value is -3.02. The molecule has 124 valence electrons. The van der Waals surface area contributed by atoms with Crippen molar-refractivity contribution in [1.82, 2.24) is 0 Å². The predicted molar refractivity (Wildman–Crippen MR) is 90.7 cm³/mol. The standard InChI is InChI=1S/C18H18N2O4/c1-20-14-9-12(7-8-16(14)24-11-18(20)22)10-17(21)19-13-5-3-4-6-15(13)23-2/h3-9H,10-11H2,1-2H3,(H,19,21). The summed E-state index contributed by atoms with van der Waals surface area (Å²) in [6.07, 6.45) is 0.188. The number of para-hydroxylation sites is 2. The van der Waals surface area contributed by atoms with Crippen molar-refractivity contribution < 1.29 is 19.1 Å². The van der Waals surface area contributed by atoms with Gasteiger partial charge in [0.25, 0.3) is 5.91 Å². The van der Waals surface area contributed by atoms with E-state index in [4.69, 9.17) is 9.47 Å². The third-order valence-electron chi connectivity index (χ3n) is 3.86. The number of hydrogen-bond donors (Lipinski definition) is 1. The molecule has 0 unspecified atom stereocenters. The van der Waals surface area contributed by atoms with Gasteiger partial charge in [0.15, 0.2) is 6.61 Å². The summed E-state index contributed by atoms with van der Waals surface area (Å²) in [5.74, 6) is 0.976. The highest BCUT2D eigenvalue weighted by molar-refractivity contribution is 5.98. The molecule has 1 N–H and O–H groups in total. The number of nitrogens with zero attached hydrogens (tertiary/aromatic N) is 1. The lowest BCUT2D eigenvalue weighted by atomic mass is 10.1. The fourth-order valence-electron chi connectivity index (χ4n) is 2.56. The lowest BCUT2D eigenvalue weighted by Crippen LogP contribution is -2.35. The lowest BCUT2D eigenvalue weighted by Gasteiger charge is -2.26. The summed E-state index contributed by atoms with van der Waals surface area (Å²) in [4.78, 5) is 25.5. The number of benzene rings is 2. The molecule has 0 saturated heterocycles. The molecular formula is C18H18N2O4. The molecule has 3 rings (SSSR count). The molecule has 2 aromatic rings. The Morgan fingerprint density at radius 2 is 2.08 bits per heavy atom. The summed E-state index contributed by atoms with van der Waals surface area (Å²) in [7, 11) is 3.25. The molecule has 2 aromatic carbocycles. The van der Waals surface area contributed by atoms with Crippen LogP contribution in [0.1, 0.15) is 5.56 Å². The van der Waals surface area contributed by atoms with Gasteiger partial charge >= 0.3 is 0 Å². The van der Waals surface area contributed by atoms with Crippen LogP contribution in [0.5, 0.6) is 11.5 Å². The van der Waals surface area contributed by atoms with Gasteiger partial charge in [-0.1, -0.05) is 18.2 Å². The minimum atomic E-state index is -0.162. The largest absolute Gasteiger partial charge is 0.495 e. The maximum Gasteiger partial charge on any atom is 0.264 e. The van der Waals surface area contributed by atoms with Gasteiger partial charge in [-0.3, -0.25) is 9.59 Å². The summed E-state index contributed by atoms with van der Waals surface area (Å²) in [5.41, 5.74) is 2.10. The Labute approximate surface area is 140 Å². The first-order chi connectivity index (χ1) is 11.6. The molecule has 6 nitrogen and oxygen atoms in total. The molecule has 0 fully saturated rings. The third-order valence-corrected chi connectivity index (χ3v) is 3.86. The number of methoxy groups -OCH3 is 1. The number of likely N-dealkylation sites (N-methyl/N-ethyl adjacent to an activating group) is 1. The average molecular weight is 326 g/mol. The average Bonchev–Trinajstić information content (AvgIpc) is 2.59. The van der Waals surface area contributed by atoms with Gasteiger partial charge in [-0.25, -0.2) is 0 Å². The highest BCUT2D eigenvalue weighted by Gasteiger charge is 2.22. The zero-order chi connectivity index (χ0) is 17.1. The van der Waals surface area contributed by atoms with E-state index in [2.05, 4.69) is 5.32 Å². The molecule has 0 bridgehead atoms. The minimum Gasteiger partial charge on any atom is -0.495 e. The van der Waals surface area contributed by atoms with E-state index in [1.165, 1.54) is 0 Å². The van der Waals surface area contributed by atoms with Crippen LogP contribution in [0.25, 0.3) is 0 Å². The molecule has 1 aliphatic rings. The van der Waals surface area contributed by atoms with Crippen LogP contribution in [-0.2, 0) is 16.0 Å². The second kappa shape index (κ2) is 6.62. The Bertz CT molecular complexity index is 788. The summed E-state index contributed by atoms with van der Waals surface area (Å²) in [5, 5.41) is 2.83. The summed E-state index contributed by atoms with van der Waals surface area (Å²) in [6.45, 7) is 0.0388. The van der Waals surface area contributed by atoms with Crippen molar-refractivity contribution in [3.63, 3.8) is 0 Å². The van der Waals surface area contributed by atoms with Crippen molar-refractivity contribution in [1.29, 1.82) is 0 Å². The number of hydrogen-bond acceptors (Lipinski definition) is 4. The summed E-state index contributed by atoms with van der Waals surface area (Å²) < 4.78 is 10.6. The van der Waals surface area contributed by atoms with Gasteiger partial charge in [0.1, 0.15) is 11.5 Å². The van der Waals surface area contributed by atoms with E-state index in [1.54, 1.807) is 43.3 Å². The summed E-state index contributed by atoms with van der Waals surface area (Å²) in [6, 6.07) is 12.6. The van der Waals surface area contributed by atoms with E-state index in [0.717, 1.165) is 5.56 Å². The van der Waals surface area contributed by atoms with Crippen molar-refractivity contribution >= 4 is 23.2 Å². The van der Waals surface area contributed by atoms with Crippen LogP contribution in [-0.4, -0.2) is 32.6 Å². The van der Waals surface area contributed by atoms with Gasteiger partial charge in [0.2, 0.25) is 5.91 Å². The Morgan fingerprint density at radius 1 is 1.29 bits per heavy atom. The second-order valence-electron chi connectivity index (χ2n) is 5.47. The fraction of sp³-hybridized carbons (Fsp3) is 0.222. The number of nitrogens with one attached hydrogen (secondary N) is 1. The van der Waals surface area contributed by atoms with Crippen LogP contribution in [0.4, 0.5) is 11.4 Å². The molecule has 0 atom stereocenters. The number of anilines is 2. The molecule has 0 radical (unpaired) electrons. The van der Waals surface area contributed by atoms with Crippen LogP contribution >= 0.6 is 0 Å². The van der Waals surface area contributed by atoms with Gasteiger partial charge in [-0.05, 0) is 29.8 Å². The maximum atomic E-state index is 12.3. The SMILES string of the molecule is COc1ccccc1NC(=O)Cc1ccc2c(c1)N(C)C(=O)CO2. The number of rotatable bonds is 4. The Morgan fingerprint density at radius 3 is 2.88 bits per heavy atom. The van der Waals surface area contributed by atoms with Crippen LogP contribution in [0.15, 0.2) is 42.5 Å². The molecule has 1 heterocycles. The molecule has 0 aliphatic carbocycles. The monoisotopic (exact) mass is 326 g/mol. The van der Waals surface area contributed by atoms with Gasteiger partial charge in [-0.15, -0.1) is 0 Å². The Kier molecular flexibility index (Phi) is 4.37. The number of carbonyl (C=O) groups is 2. The molecule has 0 spiro atoms. The highest BCUT2D eigenvalue weighted by atomic mass is 16.5. The number of fused-ring (bicyclic) bond motifs is 1. The van der Waals surface area contributed by atoms with E-state index in [9.17, 15) is 9.59 Å². The van der Waals surface area contributed by atoms with Crippen molar-refractivity contribution in [3.05, 3.63) is 48.0 Å². The van der Waals surface area contributed by atoms with Crippen LogP contribution in [0.2, 0.25) is 0 Å². The molecular weight excluding hydrogens is 308 g/mol. The molecule has 2 amide bonds. The van der Waals surface area contributed by atoms with Gasteiger partial charge < -0.3 is 19.7 Å². The first-order valence-electron chi connectivity index (χ1n) is 7.53. The zero-order valence-corrected chi connectivity index (χ0v) is 13.5. The van der Waals surface area contributed by atoms with E-state index >= 15 is 0 Å². The Balaban J connectivity index is 1.74. The van der Waals surface area contributed by atoms with Gasteiger partial charge in [0, 0.05) is 7.05 Å². The second-order valence-corrected chi connectivity index (χ2v) is 5.47. The fourth-order valence-corrected chi connectivity index (χ4v) is 2.56. The lowest BCUT2D eigenvalue weighted by molar-refractivity contribution is -0.121. The maximum absolute atomic E-state index is 12.3. The van der Waals surface area contributed by atoms with Crippen LogP contribution < -0.4 is 19.7 Å². The van der Waals surface area contributed by atoms with E-state index < -0.39 is 0 Å². The molecule has 0 aromatic heterocycles. The predicted octanol–water partition coefficient (Wildman–Crippen LogP) is 2.23. The molecule has 0 saturated carbocycles. The first kappa shape index (κ1) is 15.9. The minimum absolute atomic E-state index is 0.0388. The summed E-state index contributed by atoms with van der Waals surface area (Å²) >= 11 is 0. The van der Waals surface area contributed by atoms with E-state index in [0.29, 0.717) is 22.9 Å². The van der Waals surface area contributed by atoms with Crippen molar-refractivity contribution in [2.75, 3.05) is 31.0 Å². The number of ether oxygens (including phenoxy) is 2. The first-order valence-corrected chi connectivity index (χ1v) is 7.53. The number of carbonyl (C=O) groups excluding carboxylic acids is 2. The smallest absolute Gasteiger partial charge is 0.264 e. The molecule has 1 aliphatic heterocycles. The van der Waals surface area contributed by atoms with E-state index in [-0.39, 0.29) is 24.8 Å². The van der Waals surface area contributed by atoms with E-state index in [1.807, 2.05) is 18.2 Å². The molecule has 24 heavy (non-hydrogen) atoms. The van der Waals surface area contributed by atoms with Crippen LogP contribution in [0, 0.1) is 0 Å². The number of amides is 2. The van der Waals surface area contributed by atoms with Crippen molar-refractivity contribution in [3.8, 4) is 11.5 Å². The van der Waals surface area contributed by atoms with Gasteiger partial charge in [-0.2, -0.15) is 0 Å². The zero-order valence-electron chi connectivity index (χ0n) is 13.5. The van der Waals surface area contributed by atoms with Gasteiger partial charge in [0.05, 0.1) is 24.9 Å². The molecule has 6 heteroatoms. The quantitative estimate of drug-likeness (QED) is 0.935.